The summed E-state index contributed by atoms with van der Waals surface area (Å²) >= 11 is 0. The quantitative estimate of drug-likeness (QED) is 0.420. The van der Waals surface area contributed by atoms with Crippen molar-refractivity contribution in [3.05, 3.63) is 89.7 Å². The molecule has 1 fully saturated rings. The molecule has 1 amide bonds. The van der Waals surface area contributed by atoms with E-state index in [0.29, 0.717) is 19.6 Å². The molecule has 162 valence electrons. The highest BCUT2D eigenvalue weighted by Gasteiger charge is 2.36. The van der Waals surface area contributed by atoms with E-state index >= 15 is 0 Å². The molecule has 1 aromatic heterocycles. The molecule has 1 atom stereocenters. The second-order valence-corrected chi connectivity index (χ2v) is 8.34. The highest BCUT2D eigenvalue weighted by molar-refractivity contribution is 5.97. The molecule has 0 unspecified atom stereocenters. The Kier molecular flexibility index (Phi) is 5.39. The van der Waals surface area contributed by atoms with Gasteiger partial charge >= 0.3 is 0 Å². The van der Waals surface area contributed by atoms with Gasteiger partial charge in [0.15, 0.2) is 0 Å². The fourth-order valence-corrected chi connectivity index (χ4v) is 4.64. The van der Waals surface area contributed by atoms with E-state index in [2.05, 4.69) is 41.8 Å². The molecule has 0 radical (unpaired) electrons. The minimum atomic E-state index is 0.0226. The zero-order chi connectivity index (χ0) is 22.1. The molecule has 1 aliphatic heterocycles. The molecule has 1 saturated heterocycles. The van der Waals surface area contributed by atoms with Crippen molar-refractivity contribution >= 4 is 22.6 Å². The number of aromatic nitrogens is 2. The molecule has 5 nitrogen and oxygen atoms in total. The third-order valence-corrected chi connectivity index (χ3v) is 6.05. The van der Waals surface area contributed by atoms with E-state index in [1.807, 2.05) is 54.3 Å². The molecular weight excluding hydrogens is 398 g/mol. The van der Waals surface area contributed by atoms with Crippen molar-refractivity contribution in [1.82, 2.24) is 9.55 Å². The summed E-state index contributed by atoms with van der Waals surface area (Å²) in [7, 11) is 0. The average Bonchev–Trinajstić information content (AvgIpc) is 3.35. The van der Waals surface area contributed by atoms with E-state index in [0.717, 1.165) is 34.8 Å². The molecule has 1 aliphatic rings. The highest BCUT2D eigenvalue weighted by Crippen LogP contribution is 2.37. The number of fused-ring (bicyclic) bond motifs is 1. The summed E-state index contributed by atoms with van der Waals surface area (Å²) in [6, 6.07) is 24.6. The maximum Gasteiger partial charge on any atom is 0.227 e. The van der Waals surface area contributed by atoms with Gasteiger partial charge in [0.25, 0.3) is 0 Å². The lowest BCUT2D eigenvalue weighted by Crippen LogP contribution is -2.25. The summed E-state index contributed by atoms with van der Waals surface area (Å²) in [5, 5.41) is 0. The van der Waals surface area contributed by atoms with Gasteiger partial charge in [0.05, 0.1) is 23.3 Å². The fraction of sp³-hybridized carbons (Fsp3) is 0.259. The molecule has 0 saturated carbocycles. The number of hydrogen-bond donors (Lipinski definition) is 0. The van der Waals surface area contributed by atoms with Gasteiger partial charge in [-0.25, -0.2) is 4.98 Å². The number of aryl methyl sites for hydroxylation is 1. The number of rotatable bonds is 6. The van der Waals surface area contributed by atoms with Crippen molar-refractivity contribution in [2.24, 2.45) is 0 Å². The zero-order valence-corrected chi connectivity index (χ0v) is 18.5. The first kappa shape index (κ1) is 20.3. The number of carbonyl (C=O) groups excluding carboxylic acids is 1. The van der Waals surface area contributed by atoms with Gasteiger partial charge in [0.2, 0.25) is 5.91 Å². The van der Waals surface area contributed by atoms with Crippen molar-refractivity contribution < 1.29 is 9.53 Å². The van der Waals surface area contributed by atoms with E-state index in [4.69, 9.17) is 9.72 Å². The van der Waals surface area contributed by atoms with Gasteiger partial charge in [0.1, 0.15) is 11.6 Å². The summed E-state index contributed by atoms with van der Waals surface area (Å²) in [4.78, 5) is 19.9. The smallest absolute Gasteiger partial charge is 0.227 e. The predicted molar refractivity (Wildman–Crippen MR) is 127 cm³/mol. The normalized spacial score (nSPS) is 16.1. The van der Waals surface area contributed by atoms with Crippen LogP contribution in [0.3, 0.4) is 0 Å². The number of amides is 1. The van der Waals surface area contributed by atoms with Crippen LogP contribution in [0.5, 0.6) is 5.75 Å². The van der Waals surface area contributed by atoms with E-state index in [-0.39, 0.29) is 11.8 Å². The first-order chi connectivity index (χ1) is 15.6. The summed E-state index contributed by atoms with van der Waals surface area (Å²) in [6.07, 6.45) is 0.442. The second kappa shape index (κ2) is 8.50. The monoisotopic (exact) mass is 425 g/mol. The van der Waals surface area contributed by atoms with E-state index < -0.39 is 0 Å². The maximum absolute atomic E-state index is 13.1. The largest absolute Gasteiger partial charge is 0.492 e. The number of ether oxygens (including phenoxy) is 1. The molecule has 0 aliphatic carbocycles. The van der Waals surface area contributed by atoms with E-state index in [9.17, 15) is 4.79 Å². The predicted octanol–water partition coefficient (Wildman–Crippen LogP) is 5.31. The number of para-hydroxylation sites is 4. The summed E-state index contributed by atoms with van der Waals surface area (Å²) in [5.74, 6) is 1.85. The van der Waals surface area contributed by atoms with E-state index in [1.54, 1.807) is 0 Å². The summed E-state index contributed by atoms with van der Waals surface area (Å²) < 4.78 is 8.06. The average molecular weight is 426 g/mol. The maximum atomic E-state index is 13.1. The number of imidazole rings is 1. The van der Waals surface area contributed by atoms with Crippen LogP contribution in [0.4, 0.5) is 5.69 Å². The lowest BCUT2D eigenvalue weighted by atomic mass is 10.1. The van der Waals surface area contributed by atoms with Crippen LogP contribution in [0.1, 0.15) is 36.2 Å². The van der Waals surface area contributed by atoms with Gasteiger partial charge in [0, 0.05) is 25.4 Å². The van der Waals surface area contributed by atoms with Gasteiger partial charge in [-0.15, -0.1) is 0 Å². The Bertz CT molecular complexity index is 1280. The van der Waals surface area contributed by atoms with Gasteiger partial charge in [-0.3, -0.25) is 4.79 Å². The van der Waals surface area contributed by atoms with Crippen LogP contribution in [0.2, 0.25) is 0 Å². The first-order valence-electron chi connectivity index (χ1n) is 11.2. The number of anilines is 1. The number of hydrogen-bond acceptors (Lipinski definition) is 3. The Morgan fingerprint density at radius 3 is 2.69 bits per heavy atom. The van der Waals surface area contributed by atoms with Crippen molar-refractivity contribution in [3.8, 4) is 5.75 Å². The van der Waals surface area contributed by atoms with E-state index in [1.165, 1.54) is 11.1 Å². The van der Waals surface area contributed by atoms with Gasteiger partial charge < -0.3 is 14.2 Å². The SMILES string of the molecule is CCOc1ccccc1N1C[C@H](c2nc3ccccc3n2Cc2cccc(C)c2)CC1=O. The van der Waals surface area contributed by atoms with Gasteiger partial charge in [-0.05, 0) is 43.7 Å². The number of benzene rings is 3. The highest BCUT2D eigenvalue weighted by atomic mass is 16.5. The molecular formula is C27H27N3O2. The first-order valence-corrected chi connectivity index (χ1v) is 11.2. The van der Waals surface area contributed by atoms with Gasteiger partial charge in [-0.2, -0.15) is 0 Å². The number of carbonyl (C=O) groups is 1. The fourth-order valence-electron chi connectivity index (χ4n) is 4.64. The van der Waals surface area contributed by atoms with Crippen LogP contribution in [-0.4, -0.2) is 28.6 Å². The van der Waals surface area contributed by atoms with Crippen molar-refractivity contribution in [3.63, 3.8) is 0 Å². The second-order valence-electron chi connectivity index (χ2n) is 8.34. The lowest BCUT2D eigenvalue weighted by molar-refractivity contribution is -0.117. The minimum absolute atomic E-state index is 0.0226. The van der Waals surface area contributed by atoms with Crippen molar-refractivity contribution in [2.45, 2.75) is 32.7 Å². The van der Waals surface area contributed by atoms with Crippen molar-refractivity contribution in [2.75, 3.05) is 18.1 Å². The molecule has 2 heterocycles. The van der Waals surface area contributed by atoms with Crippen LogP contribution in [0.25, 0.3) is 11.0 Å². The Hall–Kier alpha value is -3.60. The van der Waals surface area contributed by atoms with Crippen LogP contribution in [0, 0.1) is 6.92 Å². The van der Waals surface area contributed by atoms with Crippen molar-refractivity contribution in [1.29, 1.82) is 0 Å². The van der Waals surface area contributed by atoms with Crippen LogP contribution >= 0.6 is 0 Å². The molecule has 0 spiro atoms. The topological polar surface area (TPSA) is 47.4 Å². The molecule has 5 rings (SSSR count). The van der Waals surface area contributed by atoms with Crippen LogP contribution in [0.15, 0.2) is 72.8 Å². The Labute approximate surface area is 188 Å². The Balaban J connectivity index is 1.52. The third-order valence-electron chi connectivity index (χ3n) is 6.05. The molecule has 32 heavy (non-hydrogen) atoms. The molecule has 0 bridgehead atoms. The lowest BCUT2D eigenvalue weighted by Gasteiger charge is -2.20. The third kappa shape index (κ3) is 3.75. The minimum Gasteiger partial charge on any atom is -0.492 e. The number of nitrogens with zero attached hydrogens (tertiary/aromatic N) is 3. The summed E-state index contributed by atoms with van der Waals surface area (Å²) in [6.45, 7) is 5.96. The molecule has 5 heteroatoms. The molecule has 4 aromatic rings. The molecule has 3 aromatic carbocycles. The zero-order valence-electron chi connectivity index (χ0n) is 18.5. The Morgan fingerprint density at radius 2 is 1.84 bits per heavy atom. The van der Waals surface area contributed by atoms with Gasteiger partial charge in [-0.1, -0.05) is 54.1 Å². The molecule has 0 N–H and O–H groups in total. The summed E-state index contributed by atoms with van der Waals surface area (Å²) in [5.41, 5.74) is 5.38. The van der Waals surface area contributed by atoms with Crippen LogP contribution < -0.4 is 9.64 Å². The van der Waals surface area contributed by atoms with Crippen LogP contribution in [-0.2, 0) is 11.3 Å². The standard InChI is InChI=1S/C27H27N3O2/c1-3-32-25-14-7-6-13-24(25)29-18-21(16-26(29)31)27-28-22-11-4-5-12-23(22)30(27)17-20-10-8-9-19(2)15-20/h4-15,21H,3,16-18H2,1-2H3/t21-/m1/s1. The Morgan fingerprint density at radius 1 is 1.03 bits per heavy atom.